The Bertz CT molecular complexity index is 414. The number of nitrogens with zero attached hydrogens (tertiary/aromatic N) is 2. The first-order valence-electron chi connectivity index (χ1n) is 4.27. The van der Waals surface area contributed by atoms with Gasteiger partial charge in [0, 0.05) is 11.4 Å². The number of thioether (sulfide) groups is 1. The zero-order chi connectivity index (χ0) is 10.7. The van der Waals surface area contributed by atoms with Crippen molar-refractivity contribution in [3.63, 3.8) is 0 Å². The van der Waals surface area contributed by atoms with Gasteiger partial charge < -0.3 is 5.73 Å². The fraction of sp³-hybridized carbons (Fsp3) is 0.250. The van der Waals surface area contributed by atoms with E-state index in [0.29, 0.717) is 6.54 Å². The molecule has 0 aliphatic carbocycles. The number of nitrogens with one attached hydrogen (secondary N) is 1. The highest BCUT2D eigenvalue weighted by atomic mass is 79.9. The van der Waals surface area contributed by atoms with Gasteiger partial charge in [-0.1, -0.05) is 11.8 Å². The molecule has 4 nitrogen and oxygen atoms in total. The third-order valence-corrected chi connectivity index (χ3v) is 4.81. The van der Waals surface area contributed by atoms with Crippen molar-refractivity contribution in [1.29, 1.82) is 0 Å². The molecule has 0 amide bonds. The average molecular weight is 305 g/mol. The van der Waals surface area contributed by atoms with E-state index in [4.69, 9.17) is 5.73 Å². The molecule has 0 aromatic carbocycles. The molecule has 0 saturated carbocycles. The van der Waals surface area contributed by atoms with Crippen LogP contribution in [-0.4, -0.2) is 21.7 Å². The molecule has 3 N–H and O–H groups in total. The lowest BCUT2D eigenvalue weighted by Crippen LogP contribution is -2.08. The molecule has 0 saturated heterocycles. The van der Waals surface area contributed by atoms with Crippen LogP contribution in [0.4, 0.5) is 0 Å². The molecule has 0 bridgehead atoms. The molecule has 0 aliphatic heterocycles. The Morgan fingerprint density at radius 3 is 3.00 bits per heavy atom. The third-order valence-electron chi connectivity index (χ3n) is 1.77. The number of hydrogen-bond donors (Lipinski definition) is 2. The molecule has 1 atom stereocenters. The molecule has 7 heteroatoms. The number of rotatable bonds is 4. The molecule has 1 unspecified atom stereocenters. The summed E-state index contributed by atoms with van der Waals surface area (Å²) >= 11 is 6.73. The number of thiophene rings is 1. The number of hydrogen-bond acceptors (Lipinski definition) is 5. The van der Waals surface area contributed by atoms with Gasteiger partial charge in [-0.05, 0) is 28.1 Å². The summed E-state index contributed by atoms with van der Waals surface area (Å²) in [5.41, 5.74) is 5.74. The molecule has 2 aromatic heterocycles. The topological polar surface area (TPSA) is 67.6 Å². The smallest absolute Gasteiger partial charge is 0.184 e. The molecule has 15 heavy (non-hydrogen) atoms. The summed E-state index contributed by atoms with van der Waals surface area (Å²) in [6.45, 7) is 0.582. The number of aromatic nitrogens is 3. The van der Waals surface area contributed by atoms with Crippen molar-refractivity contribution >= 4 is 39.0 Å². The van der Waals surface area contributed by atoms with Crippen molar-refractivity contribution in [2.45, 2.75) is 10.4 Å². The Morgan fingerprint density at radius 2 is 2.47 bits per heavy atom. The maximum Gasteiger partial charge on any atom is 0.184 e. The van der Waals surface area contributed by atoms with Gasteiger partial charge in [0.1, 0.15) is 6.33 Å². The molecule has 0 fully saturated rings. The summed E-state index contributed by atoms with van der Waals surface area (Å²) in [6.07, 6.45) is 1.50. The summed E-state index contributed by atoms with van der Waals surface area (Å²) in [7, 11) is 0. The summed E-state index contributed by atoms with van der Waals surface area (Å²) in [5, 5.41) is 7.65. The van der Waals surface area contributed by atoms with Gasteiger partial charge in [0.05, 0.1) is 9.04 Å². The van der Waals surface area contributed by atoms with Gasteiger partial charge in [-0.25, -0.2) is 4.98 Å². The number of aromatic amines is 1. The zero-order valence-electron chi connectivity index (χ0n) is 7.68. The van der Waals surface area contributed by atoms with Gasteiger partial charge in [0.2, 0.25) is 0 Å². The van der Waals surface area contributed by atoms with Crippen LogP contribution in [0.3, 0.4) is 0 Å². The van der Waals surface area contributed by atoms with Gasteiger partial charge in [-0.2, -0.15) is 5.10 Å². The van der Waals surface area contributed by atoms with Crippen molar-refractivity contribution in [1.82, 2.24) is 15.2 Å². The fourth-order valence-corrected chi connectivity index (χ4v) is 3.59. The lowest BCUT2D eigenvalue weighted by molar-refractivity contribution is 0.926. The Morgan fingerprint density at radius 1 is 1.60 bits per heavy atom. The SMILES string of the molecule is NCC(Sc1ncn[nH]1)c1ccc(Br)s1. The molecule has 2 rings (SSSR count). The standard InChI is InChI=1S/C8H9BrN4S2/c9-7-2-1-5(14-7)6(3-10)15-8-11-4-12-13-8/h1-2,4,6H,3,10H2,(H,11,12,13). The van der Waals surface area contributed by atoms with Gasteiger partial charge >= 0.3 is 0 Å². The highest BCUT2D eigenvalue weighted by Gasteiger charge is 2.14. The van der Waals surface area contributed by atoms with E-state index in [0.717, 1.165) is 8.94 Å². The van der Waals surface area contributed by atoms with E-state index in [1.54, 1.807) is 23.1 Å². The predicted octanol–water partition coefficient (Wildman–Crippen LogP) is 2.42. The van der Waals surface area contributed by atoms with Crippen LogP contribution in [0.5, 0.6) is 0 Å². The van der Waals surface area contributed by atoms with E-state index >= 15 is 0 Å². The van der Waals surface area contributed by atoms with Gasteiger partial charge in [-0.15, -0.1) is 11.3 Å². The monoisotopic (exact) mass is 304 g/mol. The molecular weight excluding hydrogens is 296 g/mol. The Balaban J connectivity index is 2.11. The van der Waals surface area contributed by atoms with Crippen LogP contribution < -0.4 is 5.73 Å². The van der Waals surface area contributed by atoms with E-state index in [9.17, 15) is 0 Å². The van der Waals surface area contributed by atoms with Crippen LogP contribution in [0.2, 0.25) is 0 Å². The zero-order valence-corrected chi connectivity index (χ0v) is 10.9. The van der Waals surface area contributed by atoms with E-state index < -0.39 is 0 Å². The van der Waals surface area contributed by atoms with Crippen molar-refractivity contribution in [2.75, 3.05) is 6.54 Å². The number of halogens is 1. The average Bonchev–Trinajstić information content (AvgIpc) is 2.85. The van der Waals surface area contributed by atoms with Crippen LogP contribution in [0.25, 0.3) is 0 Å². The molecule has 2 aromatic rings. The molecule has 0 spiro atoms. The molecule has 80 valence electrons. The second-order valence-corrected chi connectivity index (χ2v) is 6.46. The van der Waals surface area contributed by atoms with Crippen LogP contribution in [0.1, 0.15) is 10.1 Å². The summed E-state index contributed by atoms with van der Waals surface area (Å²) in [4.78, 5) is 5.31. The van der Waals surface area contributed by atoms with Crippen molar-refractivity contribution in [3.8, 4) is 0 Å². The van der Waals surface area contributed by atoms with Crippen LogP contribution in [-0.2, 0) is 0 Å². The fourth-order valence-electron chi connectivity index (χ4n) is 1.11. The van der Waals surface area contributed by atoms with E-state index in [2.05, 4.69) is 37.2 Å². The minimum atomic E-state index is 0.231. The largest absolute Gasteiger partial charge is 0.329 e. The van der Waals surface area contributed by atoms with Crippen LogP contribution >= 0.6 is 39.0 Å². The lowest BCUT2D eigenvalue weighted by Gasteiger charge is -2.09. The predicted molar refractivity (Wildman–Crippen MR) is 66.1 cm³/mol. The van der Waals surface area contributed by atoms with Gasteiger partial charge in [0.15, 0.2) is 5.16 Å². The highest BCUT2D eigenvalue weighted by molar-refractivity contribution is 9.11. The maximum atomic E-state index is 5.74. The van der Waals surface area contributed by atoms with Crippen molar-refractivity contribution in [2.24, 2.45) is 5.73 Å². The molecule has 0 radical (unpaired) electrons. The minimum Gasteiger partial charge on any atom is -0.329 e. The lowest BCUT2D eigenvalue weighted by atomic mass is 10.3. The summed E-state index contributed by atoms with van der Waals surface area (Å²) in [5.74, 6) is 0. The normalized spacial score (nSPS) is 12.9. The molecular formula is C8H9BrN4S2. The Labute approximate surface area is 104 Å². The molecule has 2 heterocycles. The quantitative estimate of drug-likeness (QED) is 0.851. The number of nitrogens with two attached hydrogens (primary N) is 1. The van der Waals surface area contributed by atoms with Crippen molar-refractivity contribution < 1.29 is 0 Å². The van der Waals surface area contributed by atoms with Crippen LogP contribution in [0.15, 0.2) is 27.4 Å². The molecule has 0 aliphatic rings. The summed E-state index contributed by atoms with van der Waals surface area (Å²) < 4.78 is 1.12. The van der Waals surface area contributed by atoms with E-state index in [1.165, 1.54) is 11.2 Å². The van der Waals surface area contributed by atoms with E-state index in [-0.39, 0.29) is 5.25 Å². The Hall–Kier alpha value is -0.370. The maximum absolute atomic E-state index is 5.74. The number of H-pyrrole nitrogens is 1. The van der Waals surface area contributed by atoms with Crippen molar-refractivity contribution in [3.05, 3.63) is 27.1 Å². The first-order chi connectivity index (χ1) is 7.29. The Kier molecular flexibility index (Phi) is 3.79. The summed E-state index contributed by atoms with van der Waals surface area (Å²) in [6, 6.07) is 4.11. The van der Waals surface area contributed by atoms with Crippen LogP contribution in [0, 0.1) is 0 Å². The second kappa shape index (κ2) is 5.11. The first-order valence-corrected chi connectivity index (χ1v) is 6.76. The second-order valence-electron chi connectivity index (χ2n) is 2.77. The van der Waals surface area contributed by atoms with E-state index in [1.807, 2.05) is 6.07 Å². The highest BCUT2D eigenvalue weighted by Crippen LogP contribution is 2.37. The van der Waals surface area contributed by atoms with Gasteiger partial charge in [0.25, 0.3) is 0 Å². The van der Waals surface area contributed by atoms with Gasteiger partial charge in [-0.3, -0.25) is 5.10 Å². The first kappa shape index (κ1) is 11.1. The minimum absolute atomic E-state index is 0.231. The third kappa shape index (κ3) is 2.81.